The Labute approximate surface area is 610 Å². The Balaban J connectivity index is 0.929. The fraction of sp³-hybridized carbons (Fsp3) is 0.318. The summed E-state index contributed by atoms with van der Waals surface area (Å²) in [6.45, 7) is 1.71. The lowest BCUT2D eigenvalue weighted by atomic mass is 9.95. The molecule has 3 fully saturated rings. The van der Waals surface area contributed by atoms with Gasteiger partial charge in [-0.1, -0.05) is 303 Å². The highest BCUT2D eigenvalue weighted by molar-refractivity contribution is 5.21. The first kappa shape index (κ1) is 73.9. The molecule has 10 aromatic carbocycles. The van der Waals surface area contributed by atoms with Gasteiger partial charge in [-0.2, -0.15) is 0 Å². The third-order valence-electron chi connectivity index (χ3n) is 18.6. The highest BCUT2D eigenvalue weighted by Crippen LogP contribution is 2.40. The Kier molecular flexibility index (Phi) is 28.1. The van der Waals surface area contributed by atoms with Crippen molar-refractivity contribution in [3.05, 3.63) is 359 Å². The van der Waals surface area contributed by atoms with Crippen LogP contribution in [0.4, 0.5) is 0 Å². The molecule has 13 rings (SSSR count). The minimum atomic E-state index is -1.50. The first-order valence-electron chi connectivity index (χ1n) is 35.9. The van der Waals surface area contributed by atoms with E-state index < -0.39 is 92.1 Å². The molecule has 3 saturated heterocycles. The van der Waals surface area contributed by atoms with Gasteiger partial charge in [-0.25, -0.2) is 0 Å². The van der Waals surface area contributed by atoms with Crippen molar-refractivity contribution >= 4 is 0 Å². The van der Waals surface area contributed by atoms with Crippen molar-refractivity contribution in [3.8, 4) is 0 Å². The van der Waals surface area contributed by atoms with E-state index in [2.05, 4.69) is 0 Å². The third kappa shape index (κ3) is 21.6. The first-order valence-corrected chi connectivity index (χ1v) is 35.9. The van der Waals surface area contributed by atoms with Gasteiger partial charge in [0.05, 0.1) is 85.9 Å². The van der Waals surface area contributed by atoms with Crippen LogP contribution < -0.4 is 0 Å². The van der Waals surface area contributed by atoms with Crippen LogP contribution in [0.2, 0.25) is 0 Å². The van der Waals surface area contributed by atoms with Crippen LogP contribution in [0.5, 0.6) is 0 Å². The molecule has 0 radical (unpaired) electrons. The fourth-order valence-corrected chi connectivity index (χ4v) is 13.2. The number of benzene rings is 10. The molecule has 0 spiro atoms. The normalized spacial score (nSPS) is 24.8. The van der Waals surface area contributed by atoms with E-state index in [1.54, 1.807) is 0 Å². The number of ether oxygens (including phenoxy) is 15. The van der Waals surface area contributed by atoms with Crippen LogP contribution in [0, 0.1) is 0 Å². The zero-order valence-electron chi connectivity index (χ0n) is 58.3. The Morgan fingerprint density at radius 1 is 0.202 bits per heavy atom. The molecule has 10 aromatic rings. The molecule has 104 heavy (non-hydrogen) atoms. The summed E-state index contributed by atoms with van der Waals surface area (Å²) in [6.07, 6.45) is -16.1. The van der Waals surface area contributed by atoms with E-state index in [-0.39, 0.29) is 79.3 Å². The van der Waals surface area contributed by atoms with Crippen LogP contribution in [0.1, 0.15) is 55.6 Å². The zero-order chi connectivity index (χ0) is 70.6. The lowest BCUT2D eigenvalue weighted by Gasteiger charge is -2.51. The van der Waals surface area contributed by atoms with Gasteiger partial charge < -0.3 is 76.2 Å². The number of aliphatic hydroxyl groups excluding tert-OH is 1. The number of rotatable bonds is 37. The second-order valence-electron chi connectivity index (χ2n) is 26.2. The molecule has 15 atom stereocenters. The van der Waals surface area contributed by atoms with Crippen LogP contribution in [0.3, 0.4) is 0 Å². The summed E-state index contributed by atoms with van der Waals surface area (Å²) >= 11 is 0. The molecule has 0 saturated carbocycles. The van der Waals surface area contributed by atoms with Gasteiger partial charge in [0.25, 0.3) is 0 Å². The highest BCUT2D eigenvalue weighted by Gasteiger charge is 2.57. The van der Waals surface area contributed by atoms with Crippen molar-refractivity contribution in [2.45, 2.75) is 158 Å². The Bertz CT molecular complexity index is 3960. The van der Waals surface area contributed by atoms with E-state index in [1.165, 1.54) is 0 Å². The maximum Gasteiger partial charge on any atom is 0.187 e. The monoisotopic (exact) mass is 1400 g/mol. The first-order chi connectivity index (χ1) is 51.5. The second kappa shape index (κ2) is 39.6. The lowest BCUT2D eigenvalue weighted by molar-refractivity contribution is -0.394. The van der Waals surface area contributed by atoms with E-state index >= 15 is 0 Å². The van der Waals surface area contributed by atoms with Crippen LogP contribution in [0.15, 0.2) is 303 Å². The molecule has 0 aromatic heterocycles. The Hall–Kier alpha value is -8.44. The molecular formula is C88H92O16. The molecule has 0 unspecified atom stereocenters. The van der Waals surface area contributed by atoms with Gasteiger partial charge in [0.15, 0.2) is 18.9 Å². The summed E-state index contributed by atoms with van der Waals surface area (Å²) in [7, 11) is 0. The SMILES string of the molecule is O[C@@H]1O[C@H](COCc2ccccc2)[C@@H](O[C@@H]2O[C@H](COCc3ccccc3)[C@@H](O[C@@H]3O[C@H](COCc4ccccc4)[C@@H](OCc4ccccc4)[C@H](OCc4ccccc4)[C@H]3OCc3ccccc3)[C@H](OCc3ccccc3)[C@H]2OCc2ccccc2)[C@H](OCc2ccccc2)[C@H]1OCc1ccccc1. The van der Waals surface area contributed by atoms with Crippen LogP contribution in [-0.4, -0.2) is 117 Å². The topological polar surface area (TPSA) is 159 Å². The minimum Gasteiger partial charge on any atom is -0.374 e. The molecule has 0 bridgehead atoms. The van der Waals surface area contributed by atoms with Gasteiger partial charge in [0, 0.05) is 0 Å². The summed E-state index contributed by atoms with van der Waals surface area (Å²) in [5.41, 5.74) is 9.20. The number of hydrogen-bond acceptors (Lipinski definition) is 16. The van der Waals surface area contributed by atoms with E-state index in [1.807, 2.05) is 303 Å². The minimum absolute atomic E-state index is 0.0397. The largest absolute Gasteiger partial charge is 0.374 e. The van der Waals surface area contributed by atoms with Gasteiger partial charge >= 0.3 is 0 Å². The van der Waals surface area contributed by atoms with Crippen molar-refractivity contribution in [3.63, 3.8) is 0 Å². The summed E-state index contributed by atoms with van der Waals surface area (Å²) in [6, 6.07) is 99.4. The van der Waals surface area contributed by atoms with Crippen molar-refractivity contribution in [2.75, 3.05) is 19.8 Å². The lowest BCUT2D eigenvalue weighted by Crippen LogP contribution is -2.68. The predicted molar refractivity (Wildman–Crippen MR) is 391 cm³/mol. The van der Waals surface area contributed by atoms with E-state index in [9.17, 15) is 5.11 Å². The van der Waals surface area contributed by atoms with Crippen molar-refractivity contribution in [1.82, 2.24) is 0 Å². The van der Waals surface area contributed by atoms with Gasteiger partial charge in [0.2, 0.25) is 0 Å². The van der Waals surface area contributed by atoms with Crippen LogP contribution >= 0.6 is 0 Å². The molecular weight excluding hydrogens is 1310 g/mol. The smallest absolute Gasteiger partial charge is 0.187 e. The molecule has 3 aliphatic heterocycles. The summed E-state index contributed by atoms with van der Waals surface area (Å²) in [5, 5.41) is 12.4. The van der Waals surface area contributed by atoms with Gasteiger partial charge in [0.1, 0.15) is 73.2 Å². The average molecular weight is 1410 g/mol. The molecule has 16 nitrogen and oxygen atoms in total. The Morgan fingerprint density at radius 2 is 0.394 bits per heavy atom. The molecule has 3 aliphatic rings. The third-order valence-corrected chi connectivity index (χ3v) is 18.6. The number of aliphatic hydroxyl groups is 1. The standard InChI is InChI=1S/C88H92O16/c89-86-83(97-58-71-45-25-8-26-46-71)81(95-56-69-41-21-6-22-42-69)78(75(100-86)62-91-52-65-33-13-2-14-34-65)103-88-85(99-60-73-49-29-10-30-50-73)82(96-57-70-43-23-7-24-44-70)79(76(102-88)63-92-53-66-35-15-3-16-36-66)104-87-84(98-59-72-47-27-9-28-48-72)80(94-55-68-39-19-5-20-40-68)77(93-54-67-37-17-4-18-38-67)74(101-87)61-90-51-64-31-11-1-12-32-64/h1-50,74-89H,51-63H2/t74-,75-,76-,77-,78-,79-,80+,81+,82+,83-,84-,85-,86-,87+,88+/m1/s1. The van der Waals surface area contributed by atoms with E-state index in [0.29, 0.717) is 6.61 Å². The van der Waals surface area contributed by atoms with Crippen molar-refractivity contribution in [2.24, 2.45) is 0 Å². The summed E-state index contributed by atoms with van der Waals surface area (Å²) in [5.74, 6) is 0. The average Bonchev–Trinajstić information content (AvgIpc) is 0.764. The van der Waals surface area contributed by atoms with Crippen LogP contribution in [0.25, 0.3) is 0 Å². The highest BCUT2D eigenvalue weighted by atomic mass is 16.8. The fourth-order valence-electron chi connectivity index (χ4n) is 13.2. The van der Waals surface area contributed by atoms with Crippen molar-refractivity contribution in [1.29, 1.82) is 0 Å². The zero-order valence-corrected chi connectivity index (χ0v) is 58.3. The summed E-state index contributed by atoms with van der Waals surface area (Å²) < 4.78 is 108. The van der Waals surface area contributed by atoms with Gasteiger partial charge in [-0.3, -0.25) is 0 Å². The second-order valence-corrected chi connectivity index (χ2v) is 26.2. The maximum atomic E-state index is 12.4. The molecule has 3 heterocycles. The van der Waals surface area contributed by atoms with E-state index in [0.717, 1.165) is 55.6 Å². The quantitative estimate of drug-likeness (QED) is 0.0392. The van der Waals surface area contributed by atoms with Crippen LogP contribution in [-0.2, 0) is 137 Å². The number of hydrogen-bond donors (Lipinski definition) is 1. The molecule has 16 heteroatoms. The molecule has 0 aliphatic carbocycles. The predicted octanol–water partition coefficient (Wildman–Crippen LogP) is 14.7. The summed E-state index contributed by atoms with van der Waals surface area (Å²) in [4.78, 5) is 0. The molecule has 540 valence electrons. The maximum absolute atomic E-state index is 12.4. The van der Waals surface area contributed by atoms with E-state index in [4.69, 9.17) is 71.1 Å². The Morgan fingerprint density at radius 3 is 0.663 bits per heavy atom. The molecule has 0 amide bonds. The van der Waals surface area contributed by atoms with Crippen molar-refractivity contribution < 1.29 is 76.2 Å². The van der Waals surface area contributed by atoms with Gasteiger partial charge in [-0.05, 0) is 55.6 Å². The van der Waals surface area contributed by atoms with Gasteiger partial charge in [-0.15, -0.1) is 0 Å². The molecule has 1 N–H and O–H groups in total.